The Labute approximate surface area is 576 Å². The Bertz CT molecular complexity index is 6510. The van der Waals surface area contributed by atoms with Gasteiger partial charge in [0.1, 0.15) is 0 Å². The van der Waals surface area contributed by atoms with Crippen molar-refractivity contribution < 1.29 is 0 Å². The highest BCUT2D eigenvalue weighted by atomic mass is 15.0. The summed E-state index contributed by atoms with van der Waals surface area (Å²) in [4.78, 5) is 15.3. The van der Waals surface area contributed by atoms with Crippen LogP contribution in [-0.4, -0.2) is 28.7 Å². The van der Waals surface area contributed by atoms with Crippen molar-refractivity contribution in [1.29, 1.82) is 0 Å². The Morgan fingerprint density at radius 3 is 1.13 bits per heavy atom. The number of benzene rings is 15. The van der Waals surface area contributed by atoms with Crippen LogP contribution in [0.2, 0.25) is 0 Å². The molecule has 0 amide bonds. The van der Waals surface area contributed by atoms with Gasteiger partial charge in [0, 0.05) is 66.1 Å². The predicted molar refractivity (Wildman–Crippen MR) is 412 cm³/mol. The number of aromatic nitrogens is 6. The van der Waals surface area contributed by atoms with Gasteiger partial charge in [-0.2, -0.15) is 0 Å². The summed E-state index contributed by atoms with van der Waals surface area (Å²) in [5.74, 6) is 1.89. The van der Waals surface area contributed by atoms with Gasteiger partial charge in [0.05, 0.1) is 38.5 Å². The summed E-state index contributed by atoms with van der Waals surface area (Å²) in [7, 11) is 0. The van der Waals surface area contributed by atoms with Crippen LogP contribution in [0.4, 0.5) is 0 Å². The molecule has 0 radical (unpaired) electrons. The fourth-order valence-electron chi connectivity index (χ4n) is 17.0. The molecule has 0 saturated heterocycles. The summed E-state index contributed by atoms with van der Waals surface area (Å²) in [6.45, 7) is 0. The highest BCUT2D eigenvalue weighted by Gasteiger charge is 2.52. The lowest BCUT2D eigenvalue weighted by molar-refractivity contribution is 0.791. The molecule has 19 aromatic rings. The molecule has 0 N–H and O–H groups in total. The van der Waals surface area contributed by atoms with E-state index >= 15 is 0 Å². The van der Waals surface area contributed by atoms with Crippen molar-refractivity contribution in [3.8, 4) is 107 Å². The maximum absolute atomic E-state index is 5.15. The second kappa shape index (κ2) is 21.9. The molecule has 464 valence electrons. The molecule has 1 unspecified atom stereocenters. The minimum absolute atomic E-state index is 0.621. The molecule has 0 aliphatic heterocycles. The highest BCUT2D eigenvalue weighted by molar-refractivity contribution is 6.17. The molecule has 6 nitrogen and oxygen atoms in total. The Kier molecular flexibility index (Phi) is 12.2. The number of rotatable bonds is 9. The normalized spacial score (nSPS) is 13.6. The van der Waals surface area contributed by atoms with Crippen LogP contribution in [-0.2, 0) is 5.41 Å². The topological polar surface area (TPSA) is 53.5 Å². The standard InChI is InChI=1S/C94H58N6/c1-5-23-59(24-6-1)62-43-50-87-78(54-62)79-56-64(63-44-51-86-77(55-63)75-35-15-19-40-84(75)98(86)67-31-11-4-12-32-67)45-52-88(79)99(87)68-46-48-73-71-33-13-17-38-80(71)94(82(73)57-68)81-39-18-14-34-72(81)74-49-47-69(58-83(74)94)100-85-41-20-16-36-76(85)90-70(37-22-42-89(90)100)65-29-21-30-66(53-65)93-96-91(60-25-7-2-8-26-60)95-92(97-93)61-27-9-3-10-28-61/h1-58H. The van der Waals surface area contributed by atoms with Gasteiger partial charge in [-0.25, -0.2) is 15.0 Å². The van der Waals surface area contributed by atoms with E-state index in [0.717, 1.165) is 66.9 Å². The van der Waals surface area contributed by atoms with Crippen molar-refractivity contribution in [3.05, 3.63) is 374 Å². The van der Waals surface area contributed by atoms with Gasteiger partial charge in [-0.3, -0.25) is 0 Å². The van der Waals surface area contributed by atoms with E-state index in [9.17, 15) is 0 Å². The molecule has 2 aliphatic carbocycles. The largest absolute Gasteiger partial charge is 0.309 e. The molecule has 2 aliphatic rings. The van der Waals surface area contributed by atoms with Crippen LogP contribution in [0.1, 0.15) is 22.3 Å². The van der Waals surface area contributed by atoms with Crippen LogP contribution >= 0.6 is 0 Å². The number of hydrogen-bond donors (Lipinski definition) is 0. The zero-order valence-electron chi connectivity index (χ0n) is 54.2. The van der Waals surface area contributed by atoms with E-state index in [1.54, 1.807) is 0 Å². The Morgan fingerprint density at radius 2 is 0.560 bits per heavy atom. The third-order valence-electron chi connectivity index (χ3n) is 21.3. The first-order valence-electron chi connectivity index (χ1n) is 34.3. The maximum atomic E-state index is 5.15. The zero-order valence-corrected chi connectivity index (χ0v) is 54.2. The summed E-state index contributed by atoms with van der Waals surface area (Å²) < 4.78 is 7.41. The molecule has 0 fully saturated rings. The third kappa shape index (κ3) is 8.28. The molecule has 6 heteroatoms. The monoisotopic (exact) mass is 1270 g/mol. The second-order valence-corrected chi connectivity index (χ2v) is 26.6. The Hall–Kier alpha value is -13.3. The maximum Gasteiger partial charge on any atom is 0.164 e. The van der Waals surface area contributed by atoms with E-state index in [0.29, 0.717) is 17.5 Å². The molecule has 1 atom stereocenters. The van der Waals surface area contributed by atoms with Crippen LogP contribution in [0.25, 0.3) is 172 Å². The molecular weight excluding hydrogens is 1210 g/mol. The highest BCUT2D eigenvalue weighted by Crippen LogP contribution is 2.63. The molecule has 0 saturated carbocycles. The van der Waals surface area contributed by atoms with Crippen LogP contribution in [0.3, 0.4) is 0 Å². The molecule has 4 aromatic heterocycles. The lowest BCUT2D eigenvalue weighted by Crippen LogP contribution is -2.26. The van der Waals surface area contributed by atoms with Gasteiger partial charge < -0.3 is 13.7 Å². The molecule has 4 heterocycles. The van der Waals surface area contributed by atoms with Gasteiger partial charge in [0.25, 0.3) is 0 Å². The molecule has 0 bridgehead atoms. The lowest BCUT2D eigenvalue weighted by Gasteiger charge is -2.31. The summed E-state index contributed by atoms with van der Waals surface area (Å²) >= 11 is 0. The molecule has 100 heavy (non-hydrogen) atoms. The van der Waals surface area contributed by atoms with Crippen molar-refractivity contribution in [2.45, 2.75) is 5.41 Å². The quantitative estimate of drug-likeness (QED) is 0.145. The molecule has 15 aromatic carbocycles. The fraction of sp³-hybridized carbons (Fsp3) is 0.0106. The lowest BCUT2D eigenvalue weighted by atomic mass is 9.70. The van der Waals surface area contributed by atoms with Crippen molar-refractivity contribution in [1.82, 2.24) is 28.7 Å². The molecular formula is C94H58N6. The SMILES string of the molecule is c1ccc(-c2ccc3c(c2)c2cc(-c4ccc5c(c4)c4ccccc4n5-c4ccccc4)ccc2n3-c2ccc3c(c2)C2(c4ccccc4-3)c3ccccc3-c3ccc(-n4c5ccccc5c5c(-c6cccc(-c7nc(-c8ccccc8)nc(-c8ccccc8)n7)c6)cccc54)cc32)cc1. The minimum Gasteiger partial charge on any atom is -0.309 e. The Balaban J connectivity index is 0.733. The summed E-state index contributed by atoms with van der Waals surface area (Å²) in [6.07, 6.45) is 0. The summed E-state index contributed by atoms with van der Waals surface area (Å²) in [6, 6.07) is 129. The zero-order chi connectivity index (χ0) is 65.6. The van der Waals surface area contributed by atoms with E-state index < -0.39 is 5.41 Å². The average molecular weight is 1270 g/mol. The Morgan fingerprint density at radius 1 is 0.190 bits per heavy atom. The number of para-hydroxylation sites is 3. The van der Waals surface area contributed by atoms with E-state index in [2.05, 4.69) is 329 Å². The van der Waals surface area contributed by atoms with Crippen LogP contribution < -0.4 is 0 Å². The van der Waals surface area contributed by atoms with Gasteiger partial charge in [0.15, 0.2) is 17.5 Å². The van der Waals surface area contributed by atoms with Crippen molar-refractivity contribution in [2.75, 3.05) is 0 Å². The smallest absolute Gasteiger partial charge is 0.164 e. The number of fused-ring (bicyclic) bond motifs is 19. The molecule has 1 spiro atoms. The first-order valence-corrected chi connectivity index (χ1v) is 34.3. The first kappa shape index (κ1) is 55.9. The van der Waals surface area contributed by atoms with Crippen LogP contribution in [0.5, 0.6) is 0 Å². The van der Waals surface area contributed by atoms with Crippen LogP contribution in [0, 0.1) is 0 Å². The van der Waals surface area contributed by atoms with Gasteiger partial charge in [-0.05, 0) is 175 Å². The number of hydrogen-bond acceptors (Lipinski definition) is 3. The summed E-state index contributed by atoms with van der Waals surface area (Å²) in [5.41, 5.74) is 29.6. The van der Waals surface area contributed by atoms with Crippen molar-refractivity contribution in [2.24, 2.45) is 0 Å². The second-order valence-electron chi connectivity index (χ2n) is 26.6. The van der Waals surface area contributed by atoms with E-state index in [4.69, 9.17) is 15.0 Å². The van der Waals surface area contributed by atoms with Gasteiger partial charge in [-0.15, -0.1) is 0 Å². The minimum atomic E-state index is -0.654. The molecule has 21 rings (SSSR count). The summed E-state index contributed by atoms with van der Waals surface area (Å²) in [5, 5.41) is 7.25. The third-order valence-corrected chi connectivity index (χ3v) is 21.3. The van der Waals surface area contributed by atoms with Crippen molar-refractivity contribution >= 4 is 65.4 Å². The van der Waals surface area contributed by atoms with Gasteiger partial charge >= 0.3 is 0 Å². The van der Waals surface area contributed by atoms with Crippen LogP contribution in [0.15, 0.2) is 352 Å². The van der Waals surface area contributed by atoms with Gasteiger partial charge in [0.2, 0.25) is 0 Å². The van der Waals surface area contributed by atoms with Gasteiger partial charge in [-0.1, -0.05) is 255 Å². The number of nitrogens with zero attached hydrogens (tertiary/aromatic N) is 6. The van der Waals surface area contributed by atoms with E-state index in [-0.39, 0.29) is 0 Å². The average Bonchev–Trinajstić information content (AvgIpc) is 1.51. The van der Waals surface area contributed by atoms with E-state index in [1.807, 2.05) is 36.4 Å². The van der Waals surface area contributed by atoms with Crippen molar-refractivity contribution in [3.63, 3.8) is 0 Å². The van der Waals surface area contributed by atoms with E-state index in [1.165, 1.54) is 110 Å². The first-order chi connectivity index (χ1) is 49.6. The fourth-order valence-corrected chi connectivity index (χ4v) is 17.0. The predicted octanol–water partition coefficient (Wildman–Crippen LogP) is 23.5.